The van der Waals surface area contributed by atoms with Crippen molar-refractivity contribution in [3.05, 3.63) is 96.7 Å². The van der Waals surface area contributed by atoms with E-state index >= 15 is 0 Å². The Morgan fingerprint density at radius 1 is 0.896 bits per heavy atom. The highest BCUT2D eigenvalue weighted by molar-refractivity contribution is 7.99. The Balaban J connectivity index is 1.51. The number of halogens is 3. The Bertz CT molecular complexity index is 1860. The third-order valence-corrected chi connectivity index (χ3v) is 10.4. The number of anilines is 2. The van der Waals surface area contributed by atoms with E-state index < -0.39 is 11.5 Å². The van der Waals surface area contributed by atoms with E-state index in [2.05, 4.69) is 69.4 Å². The predicted octanol–water partition coefficient (Wildman–Crippen LogP) is 9.88. The summed E-state index contributed by atoms with van der Waals surface area (Å²) in [5.41, 5.74) is 2.61. The number of nitrogens with zero attached hydrogens (tertiary/aromatic N) is 1. The third kappa shape index (κ3) is 8.43. The first-order chi connectivity index (χ1) is 22.6. The quantitative estimate of drug-likeness (QED) is 0.119. The minimum Gasteiger partial charge on any atom is -0.483 e. The fourth-order valence-electron chi connectivity index (χ4n) is 4.95. The lowest BCUT2D eigenvalue weighted by atomic mass is 9.76. The first-order valence-corrected chi connectivity index (χ1v) is 17.9. The van der Waals surface area contributed by atoms with Gasteiger partial charge in [0.15, 0.2) is 6.61 Å². The minimum absolute atomic E-state index is 0.0135. The van der Waals surface area contributed by atoms with E-state index in [1.165, 1.54) is 34.1 Å². The molecular weight excluding hydrogens is 691 g/mol. The van der Waals surface area contributed by atoms with Crippen LogP contribution in [0.15, 0.2) is 64.3 Å². The summed E-state index contributed by atoms with van der Waals surface area (Å²) in [6.07, 6.45) is 1.90. The highest BCUT2D eigenvalue weighted by Gasteiger charge is 2.27. The third-order valence-electron chi connectivity index (χ3n) is 8.61. The number of rotatable bonds is 13. The number of amides is 2. The Morgan fingerprint density at radius 2 is 1.56 bits per heavy atom. The fourth-order valence-corrected chi connectivity index (χ4v) is 6.69. The molecule has 12 heteroatoms. The molecule has 0 saturated heterocycles. The van der Waals surface area contributed by atoms with Gasteiger partial charge in [-0.25, -0.2) is 4.68 Å². The average Bonchev–Trinajstić information content (AvgIpc) is 3.33. The van der Waals surface area contributed by atoms with Crippen molar-refractivity contribution in [2.75, 3.05) is 23.0 Å². The van der Waals surface area contributed by atoms with Gasteiger partial charge < -0.3 is 15.4 Å². The highest BCUT2D eigenvalue weighted by Crippen LogP contribution is 2.38. The van der Waals surface area contributed by atoms with Crippen LogP contribution in [-0.4, -0.2) is 34.0 Å². The Hall–Kier alpha value is -3.37. The largest absolute Gasteiger partial charge is 0.483 e. The van der Waals surface area contributed by atoms with Crippen molar-refractivity contribution in [2.24, 2.45) is 0 Å². The number of aromatic amines is 1. The summed E-state index contributed by atoms with van der Waals surface area (Å²) >= 11 is 20.1. The van der Waals surface area contributed by atoms with Crippen LogP contribution in [0.2, 0.25) is 15.1 Å². The molecule has 0 aliphatic rings. The van der Waals surface area contributed by atoms with Crippen molar-refractivity contribution < 1.29 is 14.3 Å². The molecule has 8 nitrogen and oxygen atoms in total. The number of aromatic nitrogens is 2. The zero-order valence-corrected chi connectivity index (χ0v) is 31.2. The molecule has 0 spiro atoms. The number of thioether (sulfide) groups is 1. The molecular formula is C36H41Cl3N4O4S. The van der Waals surface area contributed by atoms with Gasteiger partial charge in [0.25, 0.3) is 17.4 Å². The van der Waals surface area contributed by atoms with Crippen molar-refractivity contribution in [2.45, 2.75) is 77.0 Å². The van der Waals surface area contributed by atoms with Gasteiger partial charge in [-0.05, 0) is 71.4 Å². The van der Waals surface area contributed by atoms with Gasteiger partial charge in [-0.2, -0.15) is 0 Å². The molecule has 1 heterocycles. The van der Waals surface area contributed by atoms with Crippen molar-refractivity contribution in [1.82, 2.24) is 9.78 Å². The van der Waals surface area contributed by atoms with Crippen LogP contribution in [0.25, 0.3) is 5.69 Å². The minimum atomic E-state index is -0.497. The van der Waals surface area contributed by atoms with Crippen LogP contribution < -0.4 is 20.9 Å². The molecule has 4 aromatic rings. The van der Waals surface area contributed by atoms with Gasteiger partial charge in [-0.1, -0.05) is 101 Å². The second-order valence-corrected chi connectivity index (χ2v) is 15.2. The van der Waals surface area contributed by atoms with Crippen LogP contribution in [0.3, 0.4) is 0 Å². The summed E-state index contributed by atoms with van der Waals surface area (Å²) in [4.78, 5) is 40.0. The molecule has 0 fully saturated rings. The van der Waals surface area contributed by atoms with Crippen LogP contribution in [0, 0.1) is 0 Å². The molecule has 0 bridgehead atoms. The number of carbonyl (C=O) groups excluding carboxylic acids is 2. The molecule has 0 unspecified atom stereocenters. The molecule has 0 aliphatic heterocycles. The predicted molar refractivity (Wildman–Crippen MR) is 199 cm³/mol. The van der Waals surface area contributed by atoms with E-state index in [0.29, 0.717) is 22.2 Å². The molecule has 48 heavy (non-hydrogen) atoms. The normalized spacial score (nSPS) is 11.8. The van der Waals surface area contributed by atoms with Gasteiger partial charge in [0.1, 0.15) is 22.2 Å². The number of benzene rings is 3. The number of hydrogen-bond donors (Lipinski definition) is 3. The van der Waals surface area contributed by atoms with E-state index in [0.717, 1.165) is 18.4 Å². The van der Waals surface area contributed by atoms with Gasteiger partial charge >= 0.3 is 0 Å². The molecule has 1 aromatic heterocycles. The van der Waals surface area contributed by atoms with Crippen LogP contribution in [0.4, 0.5) is 11.5 Å². The fraction of sp³-hybridized carbons (Fsp3) is 0.361. The summed E-state index contributed by atoms with van der Waals surface area (Å²) in [5.74, 6) is 0.554. The standard InChI is InChI=1S/C36H41Cl3N4O4S/c1-8-35(4,5)22-14-15-28(25(17-22)36(6,7)9-2)47-20-29(44)40-24-13-11-12-21(16-24)33(45)41-32-31(48-10-3)34(46)43(42-32)30-26(38)18-23(37)19-27(30)39/h11-19,42H,8-10,20H2,1-7H3,(H,40,44)(H,41,45). The van der Waals surface area contributed by atoms with Gasteiger partial charge in [-0.15, -0.1) is 11.8 Å². The van der Waals surface area contributed by atoms with Crippen LogP contribution in [-0.2, 0) is 15.6 Å². The van der Waals surface area contributed by atoms with E-state index in [9.17, 15) is 14.4 Å². The van der Waals surface area contributed by atoms with E-state index in [1.807, 2.05) is 13.0 Å². The SMILES string of the molecule is CCSc1c(NC(=O)c2cccc(NC(=O)COc3ccc(C(C)(C)CC)cc3C(C)(C)CC)c2)[nH]n(-c2c(Cl)cc(Cl)cc2Cl)c1=O. The molecule has 3 aromatic carbocycles. The lowest BCUT2D eigenvalue weighted by Gasteiger charge is -2.30. The van der Waals surface area contributed by atoms with E-state index in [4.69, 9.17) is 39.5 Å². The first-order valence-electron chi connectivity index (χ1n) is 15.7. The topological polar surface area (TPSA) is 105 Å². The van der Waals surface area contributed by atoms with Crippen LogP contribution in [0.1, 0.15) is 82.8 Å². The lowest BCUT2D eigenvalue weighted by molar-refractivity contribution is -0.118. The Morgan fingerprint density at radius 3 is 2.19 bits per heavy atom. The van der Waals surface area contributed by atoms with E-state index in [-0.39, 0.29) is 55.4 Å². The number of hydrogen-bond acceptors (Lipinski definition) is 5. The maximum atomic E-state index is 13.4. The average molecular weight is 732 g/mol. The lowest BCUT2D eigenvalue weighted by Crippen LogP contribution is -2.24. The molecule has 0 aliphatic carbocycles. The first kappa shape index (κ1) is 37.4. The van der Waals surface area contributed by atoms with Gasteiger partial charge in [0.05, 0.1) is 10.0 Å². The second kappa shape index (κ2) is 15.5. The van der Waals surface area contributed by atoms with Gasteiger partial charge in [0, 0.05) is 21.8 Å². The molecule has 256 valence electrons. The summed E-state index contributed by atoms with van der Waals surface area (Å²) < 4.78 is 7.25. The maximum Gasteiger partial charge on any atom is 0.287 e. The molecule has 4 rings (SSSR count). The van der Waals surface area contributed by atoms with E-state index in [1.54, 1.807) is 24.3 Å². The maximum absolute atomic E-state index is 13.4. The van der Waals surface area contributed by atoms with Gasteiger partial charge in [0.2, 0.25) is 0 Å². The summed E-state index contributed by atoms with van der Waals surface area (Å²) in [5, 5.41) is 9.17. The summed E-state index contributed by atoms with van der Waals surface area (Å²) in [6.45, 7) is 14.8. The monoisotopic (exact) mass is 730 g/mol. The number of nitrogens with one attached hydrogen (secondary N) is 3. The molecule has 3 N–H and O–H groups in total. The second-order valence-electron chi connectivity index (χ2n) is 12.7. The van der Waals surface area contributed by atoms with Gasteiger partial charge in [-0.3, -0.25) is 19.5 Å². The number of H-pyrrole nitrogens is 1. The summed E-state index contributed by atoms with van der Waals surface area (Å²) in [6, 6.07) is 15.7. The molecule has 0 saturated carbocycles. The number of ether oxygens (including phenoxy) is 1. The highest BCUT2D eigenvalue weighted by atomic mass is 35.5. The zero-order valence-electron chi connectivity index (χ0n) is 28.1. The molecule has 0 radical (unpaired) electrons. The smallest absolute Gasteiger partial charge is 0.287 e. The Kier molecular flexibility index (Phi) is 12.1. The zero-order chi connectivity index (χ0) is 35.4. The molecule has 2 amide bonds. The molecule has 0 atom stereocenters. The van der Waals surface area contributed by atoms with Crippen molar-refractivity contribution in [3.63, 3.8) is 0 Å². The Labute approximate surface area is 300 Å². The van der Waals surface area contributed by atoms with Crippen molar-refractivity contribution in [1.29, 1.82) is 0 Å². The van der Waals surface area contributed by atoms with Crippen molar-refractivity contribution >= 4 is 69.9 Å². The van der Waals surface area contributed by atoms with Crippen LogP contribution in [0.5, 0.6) is 5.75 Å². The van der Waals surface area contributed by atoms with Crippen molar-refractivity contribution in [3.8, 4) is 11.4 Å². The van der Waals surface area contributed by atoms with Crippen LogP contribution >= 0.6 is 46.6 Å². The summed E-state index contributed by atoms with van der Waals surface area (Å²) in [7, 11) is 0. The number of carbonyl (C=O) groups is 2.